The molecule has 0 unspecified atom stereocenters. The van der Waals surface area contributed by atoms with Gasteiger partial charge >= 0.3 is 0 Å². The van der Waals surface area contributed by atoms with Gasteiger partial charge in [0.2, 0.25) is 11.8 Å². The molecule has 1 saturated carbocycles. The van der Waals surface area contributed by atoms with Crippen molar-refractivity contribution < 1.29 is 18.7 Å². The van der Waals surface area contributed by atoms with Gasteiger partial charge in [-0.05, 0) is 31.0 Å². The summed E-state index contributed by atoms with van der Waals surface area (Å²) in [5.41, 5.74) is -0.661. The van der Waals surface area contributed by atoms with Crippen LogP contribution in [0.1, 0.15) is 12.8 Å². The highest BCUT2D eigenvalue weighted by Gasteiger charge is 2.56. The zero-order valence-electron chi connectivity index (χ0n) is 11.2. The SMILES string of the molecule is COCCNC(=O)C1(C(=O)Nc2cccc(F)c2)CC1. The van der Waals surface area contributed by atoms with Gasteiger partial charge in [-0.1, -0.05) is 6.07 Å². The fraction of sp³-hybridized carbons (Fsp3) is 0.429. The van der Waals surface area contributed by atoms with Gasteiger partial charge in [-0.3, -0.25) is 9.59 Å². The Labute approximate surface area is 116 Å². The van der Waals surface area contributed by atoms with Gasteiger partial charge in [-0.25, -0.2) is 4.39 Å². The zero-order chi connectivity index (χ0) is 14.6. The second-order valence-corrected chi connectivity index (χ2v) is 4.80. The van der Waals surface area contributed by atoms with Gasteiger partial charge in [0.15, 0.2) is 0 Å². The van der Waals surface area contributed by atoms with Crippen LogP contribution in [0.25, 0.3) is 0 Å². The molecule has 0 aromatic heterocycles. The average Bonchev–Trinajstić information content (AvgIpc) is 3.20. The fourth-order valence-electron chi connectivity index (χ4n) is 1.94. The van der Waals surface area contributed by atoms with E-state index < -0.39 is 17.1 Å². The Morgan fingerprint density at radius 1 is 1.35 bits per heavy atom. The number of amides is 2. The molecule has 6 heteroatoms. The van der Waals surface area contributed by atoms with Gasteiger partial charge in [0.1, 0.15) is 11.2 Å². The number of rotatable bonds is 6. The summed E-state index contributed by atoms with van der Waals surface area (Å²) < 4.78 is 17.9. The molecule has 0 heterocycles. The minimum atomic E-state index is -1.01. The van der Waals surface area contributed by atoms with E-state index in [1.165, 1.54) is 25.3 Å². The number of ether oxygens (including phenoxy) is 1. The van der Waals surface area contributed by atoms with E-state index in [4.69, 9.17) is 4.74 Å². The number of methoxy groups -OCH3 is 1. The molecule has 0 radical (unpaired) electrons. The van der Waals surface area contributed by atoms with E-state index in [1.54, 1.807) is 6.07 Å². The van der Waals surface area contributed by atoms with Crippen molar-refractivity contribution in [1.82, 2.24) is 5.32 Å². The Hall–Kier alpha value is -1.95. The molecular weight excluding hydrogens is 263 g/mol. The molecule has 20 heavy (non-hydrogen) atoms. The van der Waals surface area contributed by atoms with E-state index in [0.717, 1.165) is 0 Å². The number of halogens is 1. The van der Waals surface area contributed by atoms with Gasteiger partial charge in [0, 0.05) is 19.3 Å². The molecule has 0 aliphatic heterocycles. The van der Waals surface area contributed by atoms with Crippen molar-refractivity contribution in [1.29, 1.82) is 0 Å². The van der Waals surface area contributed by atoms with E-state index in [1.807, 2.05) is 0 Å². The summed E-state index contributed by atoms with van der Waals surface area (Å²) >= 11 is 0. The lowest BCUT2D eigenvalue weighted by molar-refractivity contribution is -0.134. The number of carbonyl (C=O) groups is 2. The monoisotopic (exact) mass is 280 g/mol. The van der Waals surface area contributed by atoms with Crippen molar-refractivity contribution in [3.05, 3.63) is 30.1 Å². The van der Waals surface area contributed by atoms with Crippen LogP contribution in [0.5, 0.6) is 0 Å². The third kappa shape index (κ3) is 3.14. The maximum absolute atomic E-state index is 13.0. The molecule has 1 aliphatic carbocycles. The molecule has 0 spiro atoms. The first-order chi connectivity index (χ1) is 9.58. The predicted molar refractivity (Wildman–Crippen MR) is 71.6 cm³/mol. The average molecular weight is 280 g/mol. The summed E-state index contributed by atoms with van der Waals surface area (Å²) in [7, 11) is 1.54. The maximum atomic E-state index is 13.0. The van der Waals surface area contributed by atoms with Crippen LogP contribution < -0.4 is 10.6 Å². The summed E-state index contributed by atoms with van der Waals surface area (Å²) in [5.74, 6) is -1.13. The van der Waals surface area contributed by atoms with E-state index >= 15 is 0 Å². The summed E-state index contributed by atoms with van der Waals surface area (Å²) in [6.07, 6.45) is 1.01. The molecular formula is C14H17FN2O3. The Bertz CT molecular complexity index is 515. The molecule has 0 saturated heterocycles. The molecule has 1 aromatic carbocycles. The van der Waals surface area contributed by atoms with Crippen LogP contribution in [-0.2, 0) is 14.3 Å². The van der Waals surface area contributed by atoms with Crippen molar-refractivity contribution in [2.75, 3.05) is 25.6 Å². The number of benzene rings is 1. The number of hydrogen-bond donors (Lipinski definition) is 2. The van der Waals surface area contributed by atoms with Gasteiger partial charge in [-0.15, -0.1) is 0 Å². The summed E-state index contributed by atoms with van der Waals surface area (Å²) in [5, 5.41) is 5.25. The normalized spacial score (nSPS) is 15.5. The molecule has 1 aliphatic rings. The minimum absolute atomic E-state index is 0.302. The van der Waals surface area contributed by atoms with Gasteiger partial charge in [-0.2, -0.15) is 0 Å². The lowest BCUT2D eigenvalue weighted by Crippen LogP contribution is -2.41. The Kier molecular flexibility index (Phi) is 4.34. The molecule has 0 atom stereocenters. The number of carbonyl (C=O) groups excluding carboxylic acids is 2. The van der Waals surface area contributed by atoms with Crippen LogP contribution in [0.4, 0.5) is 10.1 Å². The Morgan fingerprint density at radius 3 is 2.70 bits per heavy atom. The first-order valence-electron chi connectivity index (χ1n) is 6.43. The summed E-state index contributed by atoms with van der Waals surface area (Å²) in [6, 6.07) is 5.60. The minimum Gasteiger partial charge on any atom is -0.383 e. The largest absolute Gasteiger partial charge is 0.383 e. The molecule has 1 aromatic rings. The summed E-state index contributed by atoms with van der Waals surface area (Å²) in [6.45, 7) is 0.762. The highest BCUT2D eigenvalue weighted by molar-refractivity contribution is 6.13. The standard InChI is InChI=1S/C14H17FN2O3/c1-20-8-7-16-12(18)14(5-6-14)13(19)17-11-4-2-3-10(15)9-11/h2-4,9H,5-8H2,1H3,(H,16,18)(H,17,19). The van der Waals surface area contributed by atoms with Crippen LogP contribution in [0, 0.1) is 11.2 Å². The van der Waals surface area contributed by atoms with E-state index in [9.17, 15) is 14.0 Å². The zero-order valence-corrected chi connectivity index (χ0v) is 11.2. The van der Waals surface area contributed by atoms with Crippen molar-refractivity contribution in [2.24, 2.45) is 5.41 Å². The second-order valence-electron chi connectivity index (χ2n) is 4.80. The molecule has 2 rings (SSSR count). The molecule has 1 fully saturated rings. The summed E-state index contributed by atoms with van der Waals surface area (Å²) in [4.78, 5) is 24.2. The van der Waals surface area contributed by atoms with Crippen molar-refractivity contribution in [2.45, 2.75) is 12.8 Å². The van der Waals surface area contributed by atoms with Crippen LogP contribution in [0.15, 0.2) is 24.3 Å². The first-order valence-corrected chi connectivity index (χ1v) is 6.43. The number of anilines is 1. The highest BCUT2D eigenvalue weighted by Crippen LogP contribution is 2.46. The molecule has 5 nitrogen and oxygen atoms in total. The lowest BCUT2D eigenvalue weighted by atomic mass is 10.1. The van der Waals surface area contributed by atoms with Crippen LogP contribution in [-0.4, -0.2) is 32.1 Å². The van der Waals surface area contributed by atoms with Crippen molar-refractivity contribution in [3.63, 3.8) is 0 Å². The van der Waals surface area contributed by atoms with Gasteiger partial charge in [0.25, 0.3) is 0 Å². The quantitative estimate of drug-likeness (QED) is 0.610. The Balaban J connectivity index is 1.96. The Morgan fingerprint density at radius 2 is 2.10 bits per heavy atom. The van der Waals surface area contributed by atoms with Gasteiger partial charge < -0.3 is 15.4 Å². The van der Waals surface area contributed by atoms with E-state index in [0.29, 0.717) is 31.7 Å². The van der Waals surface area contributed by atoms with E-state index in [-0.39, 0.29) is 5.91 Å². The second kappa shape index (κ2) is 6.00. The van der Waals surface area contributed by atoms with Crippen LogP contribution in [0.2, 0.25) is 0 Å². The number of hydrogen-bond acceptors (Lipinski definition) is 3. The van der Waals surface area contributed by atoms with Crippen molar-refractivity contribution in [3.8, 4) is 0 Å². The molecule has 2 amide bonds. The third-order valence-corrected chi connectivity index (χ3v) is 3.29. The van der Waals surface area contributed by atoms with Gasteiger partial charge in [0.05, 0.1) is 6.61 Å². The maximum Gasteiger partial charge on any atom is 0.240 e. The molecule has 108 valence electrons. The predicted octanol–water partition coefficient (Wildman–Crippen LogP) is 1.31. The fourth-order valence-corrected chi connectivity index (χ4v) is 1.94. The molecule has 2 N–H and O–H groups in total. The van der Waals surface area contributed by atoms with E-state index in [2.05, 4.69) is 10.6 Å². The third-order valence-electron chi connectivity index (χ3n) is 3.29. The number of nitrogens with one attached hydrogen (secondary N) is 2. The molecule has 0 bridgehead atoms. The lowest BCUT2D eigenvalue weighted by Gasteiger charge is -2.15. The van der Waals surface area contributed by atoms with Crippen LogP contribution in [0.3, 0.4) is 0 Å². The van der Waals surface area contributed by atoms with Crippen molar-refractivity contribution >= 4 is 17.5 Å². The first kappa shape index (κ1) is 14.5. The topological polar surface area (TPSA) is 67.4 Å². The van der Waals surface area contributed by atoms with Crippen LogP contribution >= 0.6 is 0 Å². The highest BCUT2D eigenvalue weighted by atomic mass is 19.1. The smallest absolute Gasteiger partial charge is 0.240 e.